The van der Waals surface area contributed by atoms with E-state index >= 15 is 0 Å². The molecule has 0 aromatic heterocycles. The van der Waals surface area contributed by atoms with Crippen LogP contribution in [-0.2, 0) is 14.8 Å². The summed E-state index contributed by atoms with van der Waals surface area (Å²) >= 11 is 0. The van der Waals surface area contributed by atoms with Crippen molar-refractivity contribution in [2.24, 2.45) is 11.7 Å². The van der Waals surface area contributed by atoms with Crippen LogP contribution >= 0.6 is 0 Å². The Labute approximate surface area is 125 Å². The Kier molecular flexibility index (Phi) is 3.69. The predicted octanol–water partition coefficient (Wildman–Crippen LogP) is 0.463. The largest absolute Gasteiger partial charge is 0.377 e. The number of nitrogens with one attached hydrogen (secondary N) is 1. The molecule has 4 atom stereocenters. The van der Waals surface area contributed by atoms with Gasteiger partial charge in [0.1, 0.15) is 4.90 Å². The van der Waals surface area contributed by atoms with Gasteiger partial charge in [0.15, 0.2) is 0 Å². The number of hydrogen-bond acceptors (Lipinski definition) is 5. The molecule has 1 aliphatic heterocycles. The molecule has 0 bridgehead atoms. The van der Waals surface area contributed by atoms with Crippen LogP contribution in [0.25, 0.3) is 0 Å². The lowest BCUT2D eigenvalue weighted by atomic mass is 9.72. The van der Waals surface area contributed by atoms with Gasteiger partial charge in [-0.15, -0.1) is 0 Å². The zero-order valence-corrected chi connectivity index (χ0v) is 13.0. The number of benzene rings is 1. The summed E-state index contributed by atoms with van der Waals surface area (Å²) in [6.07, 6.45) is 1.08. The highest BCUT2D eigenvalue weighted by Gasteiger charge is 2.52. The fourth-order valence-corrected chi connectivity index (χ4v) is 4.16. The van der Waals surface area contributed by atoms with E-state index in [0.29, 0.717) is 11.6 Å². The second-order valence-corrected chi connectivity index (χ2v) is 7.94. The molecule has 1 heterocycles. The van der Waals surface area contributed by atoms with Crippen LogP contribution in [0.5, 0.6) is 0 Å². The molecule has 4 unspecified atom stereocenters. The Balaban J connectivity index is 1.87. The maximum atomic E-state index is 12.4. The Bertz CT molecular complexity index is 632. The maximum absolute atomic E-state index is 12.4. The number of nitrogens with zero attached hydrogens (tertiary/aromatic N) is 1. The molecule has 1 saturated heterocycles. The van der Waals surface area contributed by atoms with Crippen molar-refractivity contribution in [2.45, 2.75) is 29.5 Å². The number of anilines is 1. The third-order valence-corrected chi connectivity index (χ3v) is 6.29. The molecule has 0 spiro atoms. The number of nitrogens with two attached hydrogens (primary N) is 1. The molecular formula is C14H21N3O3S. The number of sulfonamides is 1. The van der Waals surface area contributed by atoms with Gasteiger partial charge in [0.2, 0.25) is 10.0 Å². The van der Waals surface area contributed by atoms with Gasteiger partial charge in [0, 0.05) is 32.7 Å². The first kappa shape index (κ1) is 14.8. The highest BCUT2D eigenvalue weighted by atomic mass is 32.2. The molecule has 116 valence electrons. The van der Waals surface area contributed by atoms with E-state index in [1.54, 1.807) is 18.2 Å². The van der Waals surface area contributed by atoms with Gasteiger partial charge in [-0.1, -0.05) is 12.1 Å². The zero-order valence-electron chi connectivity index (χ0n) is 12.2. The highest BCUT2D eigenvalue weighted by molar-refractivity contribution is 7.89. The molecule has 1 saturated carbocycles. The van der Waals surface area contributed by atoms with Crippen LogP contribution in [-0.4, -0.2) is 51.6 Å². The minimum absolute atomic E-state index is 0.00705. The van der Waals surface area contributed by atoms with Gasteiger partial charge < -0.3 is 15.8 Å². The summed E-state index contributed by atoms with van der Waals surface area (Å²) in [5, 5.41) is 3.27. The molecule has 3 rings (SSSR count). The van der Waals surface area contributed by atoms with Crippen molar-refractivity contribution < 1.29 is 13.2 Å². The molecule has 2 fully saturated rings. The van der Waals surface area contributed by atoms with Crippen molar-refractivity contribution in [3.05, 3.63) is 24.3 Å². The summed E-state index contributed by atoms with van der Waals surface area (Å²) in [6.45, 7) is 0.735. The zero-order chi connectivity index (χ0) is 15.2. The molecule has 0 amide bonds. The number of hydrogen-bond donors (Lipinski definition) is 2. The van der Waals surface area contributed by atoms with Crippen LogP contribution < -0.4 is 11.1 Å². The predicted molar refractivity (Wildman–Crippen MR) is 80.5 cm³/mol. The molecule has 0 radical (unpaired) electrons. The van der Waals surface area contributed by atoms with Crippen molar-refractivity contribution in [3.8, 4) is 0 Å². The SMILES string of the molecule is CN(C)S(=O)(=O)c1ccccc1NC1C(N)C2CCOC21. The standard InChI is InChI=1S/C14H21N3O3S/c1-17(2)21(18,19)11-6-4-3-5-10(11)16-13-12(15)9-7-8-20-14(9)13/h3-6,9,12-14,16H,7-8,15H2,1-2H3. The van der Waals surface area contributed by atoms with Gasteiger partial charge in [-0.05, 0) is 18.6 Å². The molecular weight excluding hydrogens is 290 g/mol. The summed E-state index contributed by atoms with van der Waals surface area (Å²) < 4.78 is 31.6. The van der Waals surface area contributed by atoms with E-state index in [-0.39, 0.29) is 23.1 Å². The lowest BCUT2D eigenvalue weighted by molar-refractivity contribution is 0.00528. The average molecular weight is 311 g/mol. The van der Waals surface area contributed by atoms with E-state index in [4.69, 9.17) is 10.5 Å². The minimum atomic E-state index is -3.49. The van der Waals surface area contributed by atoms with E-state index in [2.05, 4.69) is 5.32 Å². The van der Waals surface area contributed by atoms with Gasteiger partial charge in [0.05, 0.1) is 17.8 Å². The monoisotopic (exact) mass is 311 g/mol. The van der Waals surface area contributed by atoms with Crippen LogP contribution in [0.3, 0.4) is 0 Å². The fourth-order valence-electron chi connectivity index (χ4n) is 3.11. The van der Waals surface area contributed by atoms with Gasteiger partial charge in [-0.3, -0.25) is 0 Å². The lowest BCUT2D eigenvalue weighted by Crippen LogP contribution is -2.65. The second-order valence-electron chi connectivity index (χ2n) is 5.82. The number of para-hydroxylation sites is 1. The van der Waals surface area contributed by atoms with Crippen LogP contribution in [0.15, 0.2) is 29.2 Å². The molecule has 3 N–H and O–H groups in total. The van der Waals surface area contributed by atoms with E-state index in [0.717, 1.165) is 13.0 Å². The van der Waals surface area contributed by atoms with Gasteiger partial charge in [-0.2, -0.15) is 0 Å². The fraction of sp³-hybridized carbons (Fsp3) is 0.571. The summed E-state index contributed by atoms with van der Waals surface area (Å²) in [7, 11) is -0.437. The van der Waals surface area contributed by atoms with Gasteiger partial charge in [-0.25, -0.2) is 12.7 Å². The van der Waals surface area contributed by atoms with Gasteiger partial charge >= 0.3 is 0 Å². The minimum Gasteiger partial charge on any atom is -0.377 e. The molecule has 2 aliphatic rings. The van der Waals surface area contributed by atoms with Crippen molar-refractivity contribution >= 4 is 15.7 Å². The summed E-state index contributed by atoms with van der Waals surface area (Å²) in [5.41, 5.74) is 6.76. The number of fused-ring (bicyclic) bond motifs is 1. The highest BCUT2D eigenvalue weighted by Crippen LogP contribution is 2.40. The maximum Gasteiger partial charge on any atom is 0.244 e. The van der Waals surface area contributed by atoms with Crippen molar-refractivity contribution in [1.29, 1.82) is 0 Å². The van der Waals surface area contributed by atoms with E-state index in [9.17, 15) is 8.42 Å². The van der Waals surface area contributed by atoms with Crippen molar-refractivity contribution in [1.82, 2.24) is 4.31 Å². The Morgan fingerprint density at radius 3 is 2.76 bits per heavy atom. The average Bonchev–Trinajstić information content (AvgIpc) is 2.89. The Morgan fingerprint density at radius 2 is 2.05 bits per heavy atom. The molecule has 7 heteroatoms. The number of rotatable bonds is 4. The van der Waals surface area contributed by atoms with Gasteiger partial charge in [0.25, 0.3) is 0 Å². The number of ether oxygens (including phenoxy) is 1. The quantitative estimate of drug-likeness (QED) is 0.844. The Hall–Kier alpha value is -1.15. The van der Waals surface area contributed by atoms with E-state index in [1.807, 2.05) is 6.07 Å². The van der Waals surface area contributed by atoms with E-state index in [1.165, 1.54) is 18.4 Å². The van der Waals surface area contributed by atoms with Crippen molar-refractivity contribution in [3.63, 3.8) is 0 Å². The first-order valence-corrected chi connectivity index (χ1v) is 8.52. The molecule has 1 aromatic carbocycles. The first-order chi connectivity index (χ1) is 9.93. The first-order valence-electron chi connectivity index (χ1n) is 7.08. The van der Waals surface area contributed by atoms with Crippen LogP contribution in [0.1, 0.15) is 6.42 Å². The normalized spacial score (nSPS) is 31.8. The van der Waals surface area contributed by atoms with Crippen LogP contribution in [0.2, 0.25) is 0 Å². The van der Waals surface area contributed by atoms with Crippen molar-refractivity contribution in [2.75, 3.05) is 26.0 Å². The Morgan fingerprint density at radius 1 is 1.33 bits per heavy atom. The molecule has 21 heavy (non-hydrogen) atoms. The third kappa shape index (κ3) is 2.34. The van der Waals surface area contributed by atoms with Crippen LogP contribution in [0, 0.1) is 5.92 Å². The smallest absolute Gasteiger partial charge is 0.244 e. The van der Waals surface area contributed by atoms with E-state index < -0.39 is 10.0 Å². The third-order valence-electron chi connectivity index (χ3n) is 4.41. The summed E-state index contributed by atoms with van der Waals surface area (Å²) in [5.74, 6) is 0.389. The molecule has 6 nitrogen and oxygen atoms in total. The molecule has 1 aliphatic carbocycles. The summed E-state index contributed by atoms with van der Waals surface area (Å²) in [4.78, 5) is 0.267. The van der Waals surface area contributed by atoms with Crippen LogP contribution in [0.4, 0.5) is 5.69 Å². The topological polar surface area (TPSA) is 84.7 Å². The second kappa shape index (κ2) is 5.24. The summed E-state index contributed by atoms with van der Waals surface area (Å²) in [6, 6.07) is 6.88. The molecule has 1 aromatic rings. The lowest BCUT2D eigenvalue weighted by Gasteiger charge is -2.46.